The van der Waals surface area contributed by atoms with Gasteiger partial charge in [-0.15, -0.1) is 16.4 Å². The van der Waals surface area contributed by atoms with E-state index in [9.17, 15) is 4.79 Å². The summed E-state index contributed by atoms with van der Waals surface area (Å²) in [5.41, 5.74) is 0. The molecule has 0 spiro atoms. The molecule has 0 aliphatic heterocycles. The number of H-pyrrole nitrogens is 1. The minimum atomic E-state index is -0.168. The molecule has 0 atom stereocenters. The van der Waals surface area contributed by atoms with Gasteiger partial charge in [0, 0.05) is 25.0 Å². The number of nitrogens with one attached hydrogen (secondary N) is 1. The molecule has 0 unspecified atom stereocenters. The third-order valence-electron chi connectivity index (χ3n) is 2.99. The van der Waals surface area contributed by atoms with Crippen molar-refractivity contribution < 1.29 is 9.53 Å². The Kier molecular flexibility index (Phi) is 5.89. The molecule has 1 amide bonds. The number of rotatable bonds is 8. The van der Waals surface area contributed by atoms with Gasteiger partial charge in [-0.1, -0.05) is 13.0 Å². The van der Waals surface area contributed by atoms with Crippen molar-refractivity contribution in [2.45, 2.75) is 26.3 Å². The van der Waals surface area contributed by atoms with Gasteiger partial charge >= 0.3 is 0 Å². The summed E-state index contributed by atoms with van der Waals surface area (Å²) >= 11 is 1.63. The smallest absolute Gasteiger partial charge is 0.293 e. The van der Waals surface area contributed by atoms with Gasteiger partial charge in [-0.2, -0.15) is 0 Å². The molecule has 0 aliphatic carbocycles. The number of carbonyl (C=O) groups is 1. The van der Waals surface area contributed by atoms with Crippen LogP contribution >= 0.6 is 11.3 Å². The van der Waals surface area contributed by atoms with Crippen LogP contribution in [0, 0.1) is 0 Å². The fourth-order valence-electron chi connectivity index (χ4n) is 1.93. The number of hydrogen-bond donors (Lipinski definition) is 1. The number of amides is 1. The van der Waals surface area contributed by atoms with Gasteiger partial charge in [-0.05, 0) is 17.9 Å². The fraction of sp³-hybridized carbons (Fsp3) is 0.500. The van der Waals surface area contributed by atoms with E-state index in [0.29, 0.717) is 19.7 Å². The van der Waals surface area contributed by atoms with Crippen LogP contribution in [0.3, 0.4) is 0 Å². The molecule has 2 heterocycles. The molecule has 2 rings (SSSR count). The van der Waals surface area contributed by atoms with Crippen LogP contribution in [-0.2, 0) is 17.7 Å². The third-order valence-corrected chi connectivity index (χ3v) is 3.85. The number of ether oxygens (including phenoxy) is 1. The molecule has 7 heteroatoms. The Hall–Kier alpha value is -1.73. The first-order chi connectivity index (χ1) is 10.2. The summed E-state index contributed by atoms with van der Waals surface area (Å²) in [5, 5.41) is 8.85. The Morgan fingerprint density at radius 2 is 2.38 bits per heavy atom. The Labute approximate surface area is 128 Å². The van der Waals surface area contributed by atoms with Crippen LogP contribution in [0.5, 0.6) is 0 Å². The van der Waals surface area contributed by atoms with Crippen molar-refractivity contribution in [1.29, 1.82) is 0 Å². The molecule has 2 aromatic rings. The lowest BCUT2D eigenvalue weighted by molar-refractivity contribution is 0.0671. The number of aryl methyl sites for hydroxylation is 1. The fourth-order valence-corrected chi connectivity index (χ4v) is 2.64. The Bertz CT molecular complexity index is 553. The van der Waals surface area contributed by atoms with Crippen molar-refractivity contribution >= 4 is 17.2 Å². The summed E-state index contributed by atoms with van der Waals surface area (Å²) in [5.74, 6) is 0.814. The van der Waals surface area contributed by atoms with E-state index < -0.39 is 0 Å². The quantitative estimate of drug-likeness (QED) is 0.811. The summed E-state index contributed by atoms with van der Waals surface area (Å²) in [6.45, 7) is 3.62. The molecule has 6 nitrogen and oxygen atoms in total. The Morgan fingerprint density at radius 3 is 3.05 bits per heavy atom. The van der Waals surface area contributed by atoms with E-state index in [-0.39, 0.29) is 11.7 Å². The van der Waals surface area contributed by atoms with Gasteiger partial charge in [0.1, 0.15) is 5.82 Å². The predicted molar refractivity (Wildman–Crippen MR) is 81.3 cm³/mol. The Morgan fingerprint density at radius 1 is 1.52 bits per heavy atom. The van der Waals surface area contributed by atoms with Gasteiger partial charge in [0.15, 0.2) is 0 Å². The molecule has 0 saturated carbocycles. The molecule has 2 aromatic heterocycles. The van der Waals surface area contributed by atoms with Crippen molar-refractivity contribution in [3.05, 3.63) is 34.0 Å². The standard InChI is InChI=1S/C14H20N4O2S/c1-3-5-12-15-13(17-16-12)14(19)18(7-8-20-2)10-11-6-4-9-21-11/h4,6,9H,3,5,7-8,10H2,1-2H3,(H,15,16,17). The second kappa shape index (κ2) is 7.90. The second-order valence-corrected chi connectivity index (χ2v) is 5.69. The van der Waals surface area contributed by atoms with Gasteiger partial charge in [-0.25, -0.2) is 4.98 Å². The largest absolute Gasteiger partial charge is 0.383 e. The summed E-state index contributed by atoms with van der Waals surface area (Å²) in [4.78, 5) is 19.6. The topological polar surface area (TPSA) is 71.1 Å². The summed E-state index contributed by atoms with van der Waals surface area (Å²) in [6, 6.07) is 3.99. The molecule has 1 N–H and O–H groups in total. The molecule has 114 valence electrons. The number of aromatic nitrogens is 3. The average Bonchev–Trinajstić information content (AvgIpc) is 3.14. The van der Waals surface area contributed by atoms with Crippen LogP contribution in [-0.4, -0.2) is 46.2 Å². The number of methoxy groups -OCH3 is 1. The average molecular weight is 308 g/mol. The first kappa shape index (κ1) is 15.7. The van der Waals surface area contributed by atoms with Crippen molar-refractivity contribution in [2.75, 3.05) is 20.3 Å². The van der Waals surface area contributed by atoms with Crippen LogP contribution < -0.4 is 0 Å². The zero-order valence-corrected chi connectivity index (χ0v) is 13.2. The van der Waals surface area contributed by atoms with E-state index in [2.05, 4.69) is 22.1 Å². The van der Waals surface area contributed by atoms with E-state index in [0.717, 1.165) is 23.5 Å². The number of nitrogens with zero attached hydrogens (tertiary/aromatic N) is 3. The minimum Gasteiger partial charge on any atom is -0.383 e. The highest BCUT2D eigenvalue weighted by Gasteiger charge is 2.20. The maximum atomic E-state index is 12.5. The number of hydrogen-bond acceptors (Lipinski definition) is 5. The molecule has 0 aliphatic rings. The van der Waals surface area contributed by atoms with Crippen molar-refractivity contribution in [3.63, 3.8) is 0 Å². The number of carbonyl (C=O) groups excluding carboxylic acids is 1. The van der Waals surface area contributed by atoms with Crippen LogP contribution in [0.25, 0.3) is 0 Å². The monoisotopic (exact) mass is 308 g/mol. The van der Waals surface area contributed by atoms with Crippen molar-refractivity contribution in [1.82, 2.24) is 20.1 Å². The molecular weight excluding hydrogens is 288 g/mol. The van der Waals surface area contributed by atoms with Gasteiger partial charge in [0.2, 0.25) is 5.82 Å². The van der Waals surface area contributed by atoms with Gasteiger partial charge in [-0.3, -0.25) is 9.89 Å². The summed E-state index contributed by atoms with van der Waals surface area (Å²) in [6.07, 6.45) is 1.76. The second-order valence-electron chi connectivity index (χ2n) is 4.65. The molecule has 21 heavy (non-hydrogen) atoms. The highest BCUT2D eigenvalue weighted by atomic mass is 32.1. The van der Waals surface area contributed by atoms with Crippen LogP contribution in [0.4, 0.5) is 0 Å². The molecule has 0 radical (unpaired) electrons. The zero-order valence-electron chi connectivity index (χ0n) is 12.3. The molecule has 0 fully saturated rings. The van der Waals surface area contributed by atoms with Crippen molar-refractivity contribution in [2.24, 2.45) is 0 Å². The first-order valence-corrected chi connectivity index (χ1v) is 7.84. The lowest BCUT2D eigenvalue weighted by atomic mass is 10.3. The van der Waals surface area contributed by atoms with Gasteiger partial charge < -0.3 is 9.64 Å². The van der Waals surface area contributed by atoms with Crippen LogP contribution in [0.1, 0.15) is 34.7 Å². The Balaban J connectivity index is 2.08. The highest BCUT2D eigenvalue weighted by Crippen LogP contribution is 2.13. The number of thiophene rings is 1. The lowest BCUT2D eigenvalue weighted by Gasteiger charge is -2.20. The van der Waals surface area contributed by atoms with E-state index in [1.54, 1.807) is 23.3 Å². The highest BCUT2D eigenvalue weighted by molar-refractivity contribution is 7.09. The molecular formula is C14H20N4O2S. The predicted octanol–water partition coefficient (Wildman–Crippen LogP) is 2.11. The maximum Gasteiger partial charge on any atom is 0.293 e. The zero-order chi connectivity index (χ0) is 15.1. The molecule has 0 aromatic carbocycles. The van der Waals surface area contributed by atoms with Crippen LogP contribution in [0.2, 0.25) is 0 Å². The van der Waals surface area contributed by atoms with E-state index >= 15 is 0 Å². The van der Waals surface area contributed by atoms with Crippen LogP contribution in [0.15, 0.2) is 17.5 Å². The van der Waals surface area contributed by atoms with Crippen molar-refractivity contribution in [3.8, 4) is 0 Å². The van der Waals surface area contributed by atoms with E-state index in [4.69, 9.17) is 4.74 Å². The first-order valence-electron chi connectivity index (χ1n) is 6.96. The van der Waals surface area contributed by atoms with E-state index in [1.807, 2.05) is 17.5 Å². The lowest BCUT2D eigenvalue weighted by Crippen LogP contribution is -2.34. The summed E-state index contributed by atoms with van der Waals surface area (Å²) in [7, 11) is 1.62. The normalized spacial score (nSPS) is 10.8. The SMILES string of the molecule is CCCc1nc(C(=O)N(CCOC)Cc2cccs2)n[nH]1. The summed E-state index contributed by atoms with van der Waals surface area (Å²) < 4.78 is 5.08. The van der Waals surface area contributed by atoms with Gasteiger partial charge in [0.05, 0.1) is 13.2 Å². The molecule has 0 bridgehead atoms. The maximum absolute atomic E-state index is 12.5. The van der Waals surface area contributed by atoms with Gasteiger partial charge in [0.25, 0.3) is 5.91 Å². The third kappa shape index (κ3) is 4.37. The molecule has 0 saturated heterocycles. The minimum absolute atomic E-state index is 0.168. The number of aromatic amines is 1. The van der Waals surface area contributed by atoms with E-state index in [1.165, 1.54) is 0 Å².